The number of benzene rings is 1. The average Bonchev–Trinajstić information content (AvgIpc) is 2.38. The predicted molar refractivity (Wildman–Crippen MR) is 71.5 cm³/mol. The Morgan fingerprint density at radius 2 is 2.05 bits per heavy atom. The molecule has 2 amide bonds. The average molecular weight is 265 g/mol. The van der Waals surface area contributed by atoms with Crippen molar-refractivity contribution in [3.63, 3.8) is 0 Å². The molecule has 0 aromatic heterocycles. The number of para-hydroxylation sites is 1. The van der Waals surface area contributed by atoms with Crippen LogP contribution in [0.25, 0.3) is 0 Å². The highest BCUT2D eigenvalue weighted by Gasteiger charge is 2.15. The molecule has 0 aliphatic rings. The first-order valence-electron chi connectivity index (χ1n) is 5.98. The lowest BCUT2D eigenvalue weighted by Gasteiger charge is -2.12. The molecule has 0 saturated carbocycles. The van der Waals surface area contributed by atoms with E-state index >= 15 is 0 Å². The van der Waals surface area contributed by atoms with Gasteiger partial charge in [0, 0.05) is 6.54 Å². The van der Waals surface area contributed by atoms with Crippen LogP contribution in [0.2, 0.25) is 0 Å². The van der Waals surface area contributed by atoms with Crippen molar-refractivity contribution in [2.24, 2.45) is 11.5 Å². The first kappa shape index (κ1) is 15.0. The van der Waals surface area contributed by atoms with Gasteiger partial charge in [-0.15, -0.1) is 0 Å². The van der Waals surface area contributed by atoms with Crippen LogP contribution in [0.15, 0.2) is 24.3 Å². The minimum atomic E-state index is -0.893. The Kier molecular flexibility index (Phi) is 5.81. The van der Waals surface area contributed by atoms with Crippen molar-refractivity contribution in [1.29, 1.82) is 0 Å². The Balaban J connectivity index is 2.41. The van der Waals surface area contributed by atoms with Gasteiger partial charge in [0.05, 0.1) is 19.6 Å². The van der Waals surface area contributed by atoms with Gasteiger partial charge < -0.3 is 21.5 Å². The van der Waals surface area contributed by atoms with Gasteiger partial charge in [-0.1, -0.05) is 18.2 Å². The molecule has 104 valence electrons. The lowest BCUT2D eigenvalue weighted by Crippen LogP contribution is -2.43. The summed E-state index contributed by atoms with van der Waals surface area (Å²) >= 11 is 0. The van der Waals surface area contributed by atoms with Crippen molar-refractivity contribution >= 4 is 11.8 Å². The number of amides is 2. The van der Waals surface area contributed by atoms with Crippen molar-refractivity contribution in [2.45, 2.75) is 18.9 Å². The van der Waals surface area contributed by atoms with Crippen molar-refractivity contribution in [3.8, 4) is 5.75 Å². The third kappa shape index (κ3) is 4.97. The summed E-state index contributed by atoms with van der Waals surface area (Å²) in [6.45, 7) is 0.422. The lowest BCUT2D eigenvalue weighted by atomic mass is 10.1. The molecule has 1 unspecified atom stereocenters. The molecule has 1 aromatic carbocycles. The second-order valence-electron chi connectivity index (χ2n) is 4.13. The number of methoxy groups -OCH3 is 1. The molecule has 1 rings (SSSR count). The molecule has 0 bridgehead atoms. The summed E-state index contributed by atoms with van der Waals surface area (Å²) in [5, 5.41) is 2.66. The zero-order valence-corrected chi connectivity index (χ0v) is 10.9. The van der Waals surface area contributed by atoms with E-state index in [1.165, 1.54) is 0 Å². The molecule has 0 radical (unpaired) electrons. The molecule has 1 atom stereocenters. The smallest absolute Gasteiger partial charge is 0.237 e. The van der Waals surface area contributed by atoms with Gasteiger partial charge in [0.1, 0.15) is 5.75 Å². The highest BCUT2D eigenvalue weighted by Crippen LogP contribution is 2.17. The number of nitrogens with one attached hydrogen (secondary N) is 1. The molecule has 6 nitrogen and oxygen atoms in total. The standard InChI is InChI=1S/C13H19N3O3/c1-19-11-5-3-2-4-9(11)6-7-16-13(18)10(14)8-12(15)17/h2-5,10H,6-8,14H2,1H3,(H2,15,17)(H,16,18). The Morgan fingerprint density at radius 3 is 2.68 bits per heavy atom. The predicted octanol–water partition coefficient (Wildman–Crippen LogP) is -0.443. The Hall–Kier alpha value is -2.08. The number of rotatable bonds is 7. The number of primary amides is 1. The number of hydrogen-bond acceptors (Lipinski definition) is 4. The van der Waals surface area contributed by atoms with Crippen LogP contribution in [0, 0.1) is 0 Å². The topological polar surface area (TPSA) is 107 Å². The maximum absolute atomic E-state index is 11.5. The molecule has 19 heavy (non-hydrogen) atoms. The van der Waals surface area contributed by atoms with Crippen molar-refractivity contribution < 1.29 is 14.3 Å². The zero-order valence-electron chi connectivity index (χ0n) is 10.9. The Labute approximate surface area is 112 Å². The van der Waals surface area contributed by atoms with Crippen LogP contribution in [0.1, 0.15) is 12.0 Å². The minimum Gasteiger partial charge on any atom is -0.496 e. The Bertz CT molecular complexity index is 449. The fourth-order valence-electron chi connectivity index (χ4n) is 1.67. The lowest BCUT2D eigenvalue weighted by molar-refractivity contribution is -0.126. The first-order chi connectivity index (χ1) is 9.04. The van der Waals surface area contributed by atoms with Crippen LogP contribution in [0.5, 0.6) is 5.75 Å². The maximum atomic E-state index is 11.5. The molecule has 5 N–H and O–H groups in total. The van der Waals surface area contributed by atoms with E-state index in [1.54, 1.807) is 7.11 Å². The van der Waals surface area contributed by atoms with Crippen molar-refractivity contribution in [1.82, 2.24) is 5.32 Å². The zero-order chi connectivity index (χ0) is 14.3. The third-order valence-corrected chi connectivity index (χ3v) is 2.64. The van der Waals surface area contributed by atoms with Crippen molar-refractivity contribution in [2.75, 3.05) is 13.7 Å². The molecular formula is C13H19N3O3. The SMILES string of the molecule is COc1ccccc1CCNC(=O)C(N)CC(N)=O. The van der Waals surface area contributed by atoms with E-state index < -0.39 is 11.9 Å². The van der Waals surface area contributed by atoms with Crippen LogP contribution in [-0.2, 0) is 16.0 Å². The van der Waals surface area contributed by atoms with Crippen LogP contribution in [0.3, 0.4) is 0 Å². The summed E-state index contributed by atoms with van der Waals surface area (Å²) in [6.07, 6.45) is 0.472. The maximum Gasteiger partial charge on any atom is 0.237 e. The highest BCUT2D eigenvalue weighted by atomic mass is 16.5. The summed E-state index contributed by atoms with van der Waals surface area (Å²) in [6, 6.07) is 6.67. The van der Waals surface area contributed by atoms with Crippen LogP contribution >= 0.6 is 0 Å². The second-order valence-corrected chi connectivity index (χ2v) is 4.13. The molecule has 0 spiro atoms. The molecule has 0 aliphatic carbocycles. The summed E-state index contributed by atoms with van der Waals surface area (Å²) in [5.41, 5.74) is 11.5. The highest BCUT2D eigenvalue weighted by molar-refractivity contribution is 5.87. The van der Waals surface area contributed by atoms with E-state index in [0.29, 0.717) is 13.0 Å². The molecule has 6 heteroatoms. The van der Waals surface area contributed by atoms with Gasteiger partial charge >= 0.3 is 0 Å². The number of hydrogen-bond donors (Lipinski definition) is 3. The normalized spacial score (nSPS) is 11.7. The van der Waals surface area contributed by atoms with E-state index in [9.17, 15) is 9.59 Å². The quantitative estimate of drug-likeness (QED) is 0.621. The number of ether oxygens (including phenoxy) is 1. The summed E-state index contributed by atoms with van der Waals surface area (Å²) in [5.74, 6) is -0.195. The van der Waals surface area contributed by atoms with E-state index in [1.807, 2.05) is 24.3 Å². The second kappa shape index (κ2) is 7.38. The first-order valence-corrected chi connectivity index (χ1v) is 5.98. The molecular weight excluding hydrogens is 246 g/mol. The molecule has 0 heterocycles. The van der Waals surface area contributed by atoms with Gasteiger partial charge in [0.2, 0.25) is 11.8 Å². The fraction of sp³-hybridized carbons (Fsp3) is 0.385. The van der Waals surface area contributed by atoms with Crippen LogP contribution < -0.4 is 21.5 Å². The molecule has 0 saturated heterocycles. The molecule has 0 aliphatic heterocycles. The van der Waals surface area contributed by atoms with Gasteiger partial charge in [0.15, 0.2) is 0 Å². The summed E-state index contributed by atoms with van der Waals surface area (Å²) < 4.78 is 5.20. The van der Waals surface area contributed by atoms with E-state index in [4.69, 9.17) is 16.2 Å². The molecule has 0 fully saturated rings. The van der Waals surface area contributed by atoms with Gasteiger partial charge in [-0.05, 0) is 18.1 Å². The van der Waals surface area contributed by atoms with E-state index in [0.717, 1.165) is 11.3 Å². The number of carbonyl (C=O) groups excluding carboxylic acids is 2. The Morgan fingerprint density at radius 1 is 1.37 bits per heavy atom. The van der Waals surface area contributed by atoms with Gasteiger partial charge in [0.25, 0.3) is 0 Å². The monoisotopic (exact) mass is 265 g/mol. The fourth-order valence-corrected chi connectivity index (χ4v) is 1.67. The van der Waals surface area contributed by atoms with Gasteiger partial charge in [-0.3, -0.25) is 9.59 Å². The van der Waals surface area contributed by atoms with Crippen LogP contribution in [0.4, 0.5) is 0 Å². The van der Waals surface area contributed by atoms with Gasteiger partial charge in [-0.2, -0.15) is 0 Å². The van der Waals surface area contributed by atoms with Crippen molar-refractivity contribution in [3.05, 3.63) is 29.8 Å². The number of carbonyl (C=O) groups is 2. The number of nitrogens with two attached hydrogens (primary N) is 2. The van der Waals surface area contributed by atoms with Crippen LogP contribution in [-0.4, -0.2) is 31.5 Å². The van der Waals surface area contributed by atoms with E-state index in [-0.39, 0.29) is 12.3 Å². The largest absolute Gasteiger partial charge is 0.496 e. The summed E-state index contributed by atoms with van der Waals surface area (Å²) in [4.78, 5) is 22.2. The minimum absolute atomic E-state index is 0.152. The van der Waals surface area contributed by atoms with E-state index in [2.05, 4.69) is 5.32 Å². The third-order valence-electron chi connectivity index (χ3n) is 2.64. The summed E-state index contributed by atoms with van der Waals surface area (Å²) in [7, 11) is 1.60. The van der Waals surface area contributed by atoms with Gasteiger partial charge in [-0.25, -0.2) is 0 Å². The molecule has 1 aromatic rings.